The smallest absolute Gasteiger partial charge is 0.305 e. The van der Waals surface area contributed by atoms with Crippen molar-refractivity contribution < 1.29 is 19.4 Å². The lowest BCUT2D eigenvalue weighted by Crippen LogP contribution is -2.06. The fourth-order valence-corrected chi connectivity index (χ4v) is 3.15. The molecule has 0 rings (SSSR count). The van der Waals surface area contributed by atoms with E-state index in [9.17, 15) is 9.59 Å². The molecule has 4 heteroatoms. The summed E-state index contributed by atoms with van der Waals surface area (Å²) in [5.41, 5.74) is 0. The van der Waals surface area contributed by atoms with Crippen LogP contribution in [0.4, 0.5) is 0 Å². The number of hydrogen-bond donors (Lipinski definition) is 1. The van der Waals surface area contributed by atoms with Crippen molar-refractivity contribution in [2.24, 2.45) is 0 Å². The summed E-state index contributed by atoms with van der Waals surface area (Å²) in [6.07, 6.45) is 24.0. The van der Waals surface area contributed by atoms with Gasteiger partial charge in [-0.15, -0.1) is 0 Å². The second kappa shape index (κ2) is 22.0. The largest absolute Gasteiger partial charge is 0.481 e. The van der Waals surface area contributed by atoms with Crippen molar-refractivity contribution in [3.8, 4) is 0 Å². The molecule has 1 N–H and O–H groups in total. The molecule has 0 aliphatic heterocycles. The SMILES string of the molecule is CCCCCCCCC=CCCCCCCCCOC(=O)CCCCC(=O)O. The highest BCUT2D eigenvalue weighted by Gasteiger charge is 2.03. The predicted molar refractivity (Wildman–Crippen MR) is 117 cm³/mol. The molecular formula is C24H44O4. The molecule has 28 heavy (non-hydrogen) atoms. The van der Waals surface area contributed by atoms with Gasteiger partial charge in [-0.25, -0.2) is 0 Å². The lowest BCUT2D eigenvalue weighted by Gasteiger charge is -2.04. The molecule has 0 aromatic heterocycles. The number of ether oxygens (including phenoxy) is 1. The van der Waals surface area contributed by atoms with Gasteiger partial charge in [0, 0.05) is 12.8 Å². The molecule has 0 bridgehead atoms. The standard InChI is InChI=1S/C24H44O4/c1-2-3-4-5-6-7-8-9-10-11-12-13-14-15-16-19-22-28-24(27)21-18-17-20-23(25)26/h9-10H,2-8,11-22H2,1H3,(H,25,26). The number of carbonyl (C=O) groups excluding carboxylic acids is 1. The number of carboxylic acids is 1. The first-order valence-electron chi connectivity index (χ1n) is 11.7. The number of allylic oxidation sites excluding steroid dienone is 2. The van der Waals surface area contributed by atoms with Crippen LogP contribution in [0.5, 0.6) is 0 Å². The Balaban J connectivity index is 3.19. The second-order valence-corrected chi connectivity index (χ2v) is 7.76. The minimum atomic E-state index is -0.808. The number of aliphatic carboxylic acids is 1. The van der Waals surface area contributed by atoms with Gasteiger partial charge >= 0.3 is 11.9 Å². The molecule has 0 amide bonds. The van der Waals surface area contributed by atoms with E-state index in [4.69, 9.17) is 9.84 Å². The molecule has 0 fully saturated rings. The number of unbranched alkanes of at least 4 members (excludes halogenated alkanes) is 13. The molecule has 0 saturated heterocycles. The summed E-state index contributed by atoms with van der Waals surface area (Å²) in [6.45, 7) is 2.76. The third kappa shape index (κ3) is 22.7. The highest BCUT2D eigenvalue weighted by molar-refractivity contribution is 5.69. The number of rotatable bonds is 21. The third-order valence-corrected chi connectivity index (χ3v) is 4.94. The van der Waals surface area contributed by atoms with Crippen molar-refractivity contribution in [1.29, 1.82) is 0 Å². The van der Waals surface area contributed by atoms with E-state index >= 15 is 0 Å². The molecule has 0 aliphatic carbocycles. The maximum absolute atomic E-state index is 11.5. The summed E-state index contributed by atoms with van der Waals surface area (Å²) in [6, 6.07) is 0. The van der Waals surface area contributed by atoms with Gasteiger partial charge < -0.3 is 9.84 Å². The molecule has 0 aliphatic rings. The van der Waals surface area contributed by atoms with Crippen molar-refractivity contribution in [2.45, 2.75) is 122 Å². The van der Waals surface area contributed by atoms with E-state index in [1.807, 2.05) is 0 Å². The van der Waals surface area contributed by atoms with Gasteiger partial charge in [0.2, 0.25) is 0 Å². The van der Waals surface area contributed by atoms with Crippen molar-refractivity contribution in [3.63, 3.8) is 0 Å². The van der Waals surface area contributed by atoms with E-state index in [0.29, 0.717) is 25.9 Å². The number of hydrogen-bond acceptors (Lipinski definition) is 3. The first kappa shape index (κ1) is 26.7. The van der Waals surface area contributed by atoms with Gasteiger partial charge in [-0.3, -0.25) is 9.59 Å². The summed E-state index contributed by atoms with van der Waals surface area (Å²) in [4.78, 5) is 21.8. The number of carboxylic acid groups (broad SMARTS) is 1. The van der Waals surface area contributed by atoms with Crippen molar-refractivity contribution in [1.82, 2.24) is 0 Å². The summed E-state index contributed by atoms with van der Waals surface area (Å²) in [7, 11) is 0. The zero-order valence-corrected chi connectivity index (χ0v) is 18.3. The van der Waals surface area contributed by atoms with Crippen LogP contribution in [0.25, 0.3) is 0 Å². The van der Waals surface area contributed by atoms with Crippen LogP contribution in [0, 0.1) is 0 Å². The van der Waals surface area contributed by atoms with Gasteiger partial charge in [-0.1, -0.05) is 76.9 Å². The molecule has 0 atom stereocenters. The summed E-state index contributed by atoms with van der Waals surface area (Å²) in [5, 5.41) is 8.53. The zero-order chi connectivity index (χ0) is 20.7. The monoisotopic (exact) mass is 396 g/mol. The maximum Gasteiger partial charge on any atom is 0.305 e. The van der Waals surface area contributed by atoms with Crippen molar-refractivity contribution in [2.75, 3.05) is 6.61 Å². The van der Waals surface area contributed by atoms with Crippen LogP contribution in [0.1, 0.15) is 122 Å². The van der Waals surface area contributed by atoms with Crippen LogP contribution < -0.4 is 0 Å². The van der Waals surface area contributed by atoms with Gasteiger partial charge in [0.05, 0.1) is 6.61 Å². The summed E-state index contributed by atoms with van der Waals surface area (Å²) < 4.78 is 5.17. The Morgan fingerprint density at radius 2 is 1.18 bits per heavy atom. The van der Waals surface area contributed by atoms with Crippen LogP contribution in [-0.2, 0) is 14.3 Å². The first-order valence-corrected chi connectivity index (χ1v) is 11.7. The van der Waals surface area contributed by atoms with E-state index in [0.717, 1.165) is 12.8 Å². The van der Waals surface area contributed by atoms with Crippen LogP contribution in [-0.4, -0.2) is 23.7 Å². The van der Waals surface area contributed by atoms with Gasteiger partial charge in [-0.05, 0) is 44.9 Å². The van der Waals surface area contributed by atoms with Gasteiger partial charge in [0.25, 0.3) is 0 Å². The molecule has 0 aromatic carbocycles. The zero-order valence-electron chi connectivity index (χ0n) is 18.3. The van der Waals surface area contributed by atoms with E-state index in [2.05, 4.69) is 19.1 Å². The van der Waals surface area contributed by atoms with Gasteiger partial charge in [-0.2, -0.15) is 0 Å². The molecule has 164 valence electrons. The molecule has 0 radical (unpaired) electrons. The predicted octanol–water partition coefficient (Wildman–Crippen LogP) is 7.21. The van der Waals surface area contributed by atoms with E-state index < -0.39 is 5.97 Å². The molecular weight excluding hydrogens is 352 g/mol. The Kier molecular flexibility index (Phi) is 20.9. The van der Waals surface area contributed by atoms with E-state index in [1.165, 1.54) is 77.0 Å². The number of esters is 1. The Morgan fingerprint density at radius 3 is 1.75 bits per heavy atom. The van der Waals surface area contributed by atoms with Crippen LogP contribution >= 0.6 is 0 Å². The Hall–Kier alpha value is -1.32. The fourth-order valence-electron chi connectivity index (χ4n) is 3.15. The second-order valence-electron chi connectivity index (χ2n) is 7.76. The van der Waals surface area contributed by atoms with E-state index in [1.54, 1.807) is 0 Å². The molecule has 0 spiro atoms. The lowest BCUT2D eigenvalue weighted by molar-refractivity contribution is -0.144. The average molecular weight is 397 g/mol. The minimum absolute atomic E-state index is 0.127. The van der Waals surface area contributed by atoms with Crippen molar-refractivity contribution >= 4 is 11.9 Å². The maximum atomic E-state index is 11.5. The Bertz CT molecular complexity index is 390. The van der Waals surface area contributed by atoms with E-state index in [-0.39, 0.29) is 12.4 Å². The first-order chi connectivity index (χ1) is 13.7. The summed E-state index contributed by atoms with van der Waals surface area (Å²) in [5.74, 6) is -1.00. The third-order valence-electron chi connectivity index (χ3n) is 4.94. The summed E-state index contributed by atoms with van der Waals surface area (Å²) >= 11 is 0. The average Bonchev–Trinajstić information content (AvgIpc) is 2.67. The highest BCUT2D eigenvalue weighted by atomic mass is 16.5. The Labute approximate surface area is 173 Å². The van der Waals surface area contributed by atoms with Crippen LogP contribution in [0.3, 0.4) is 0 Å². The molecule has 0 aromatic rings. The minimum Gasteiger partial charge on any atom is -0.481 e. The molecule has 0 heterocycles. The van der Waals surface area contributed by atoms with Crippen LogP contribution in [0.2, 0.25) is 0 Å². The molecule has 0 unspecified atom stereocenters. The molecule has 0 saturated carbocycles. The Morgan fingerprint density at radius 1 is 0.679 bits per heavy atom. The fraction of sp³-hybridized carbons (Fsp3) is 0.833. The topological polar surface area (TPSA) is 63.6 Å². The molecule has 4 nitrogen and oxygen atoms in total. The van der Waals surface area contributed by atoms with Crippen LogP contribution in [0.15, 0.2) is 12.2 Å². The quantitative estimate of drug-likeness (QED) is 0.126. The highest BCUT2D eigenvalue weighted by Crippen LogP contribution is 2.10. The van der Waals surface area contributed by atoms with Crippen molar-refractivity contribution in [3.05, 3.63) is 12.2 Å². The lowest BCUT2D eigenvalue weighted by atomic mass is 10.1. The normalized spacial score (nSPS) is 11.2. The van der Waals surface area contributed by atoms with Gasteiger partial charge in [0.15, 0.2) is 0 Å². The van der Waals surface area contributed by atoms with Gasteiger partial charge in [0.1, 0.15) is 0 Å². The number of carbonyl (C=O) groups is 2.